The Labute approximate surface area is 150 Å². The van der Waals surface area contributed by atoms with Crippen molar-refractivity contribution < 1.29 is 19.4 Å². The number of aliphatic hydroxyl groups is 1. The highest BCUT2D eigenvalue weighted by Crippen LogP contribution is 2.28. The third-order valence-electron chi connectivity index (χ3n) is 3.34. The maximum absolute atomic E-state index is 11.4. The van der Waals surface area contributed by atoms with E-state index in [9.17, 15) is 9.90 Å². The lowest BCUT2D eigenvalue weighted by atomic mass is 9.99. The third kappa shape index (κ3) is 7.40. The summed E-state index contributed by atoms with van der Waals surface area (Å²) >= 11 is 0. The number of esters is 1. The molecule has 1 aromatic rings. The topological polar surface area (TPSA) is 55.8 Å². The van der Waals surface area contributed by atoms with Crippen LogP contribution < -0.4 is 4.74 Å². The Bertz CT molecular complexity index is 624. The van der Waals surface area contributed by atoms with Gasteiger partial charge in [-0.05, 0) is 44.7 Å². The van der Waals surface area contributed by atoms with Gasteiger partial charge in [0.2, 0.25) is 0 Å². The summed E-state index contributed by atoms with van der Waals surface area (Å²) in [6, 6.07) is 5.95. The summed E-state index contributed by atoms with van der Waals surface area (Å²) in [5, 5.41) is 10.0. The molecule has 4 nitrogen and oxygen atoms in total. The molecule has 0 aliphatic rings. The number of hydrogen-bond acceptors (Lipinski definition) is 4. The normalized spacial score (nSPS) is 11.5. The lowest BCUT2D eigenvalue weighted by molar-refractivity contribution is -0.142. The summed E-state index contributed by atoms with van der Waals surface area (Å²) in [4.78, 5) is 11.4. The van der Waals surface area contributed by atoms with Gasteiger partial charge in [-0.2, -0.15) is 0 Å². The zero-order chi connectivity index (χ0) is 19.0. The highest BCUT2D eigenvalue weighted by Gasteiger charge is 2.14. The van der Waals surface area contributed by atoms with Crippen molar-refractivity contribution in [3.05, 3.63) is 65.8 Å². The molecule has 4 heteroatoms. The molecule has 25 heavy (non-hydrogen) atoms. The van der Waals surface area contributed by atoms with E-state index in [0.717, 1.165) is 28.0 Å². The minimum absolute atomic E-state index is 0.0276. The van der Waals surface area contributed by atoms with E-state index in [1.807, 2.05) is 32.0 Å². The molecule has 0 radical (unpaired) electrons. The van der Waals surface area contributed by atoms with Gasteiger partial charge < -0.3 is 14.6 Å². The SMILES string of the molecule is C=C(C)Cc1cccc(CC(=C)C)c1OCC(O)COC(=O)C(=C)C. The molecule has 1 N–H and O–H groups in total. The van der Waals surface area contributed by atoms with Crippen LogP contribution in [0.25, 0.3) is 0 Å². The molecule has 0 aliphatic heterocycles. The maximum Gasteiger partial charge on any atom is 0.333 e. The predicted octanol–water partition coefficient (Wildman–Crippen LogP) is 3.78. The first kappa shape index (κ1) is 20.7. The molecule has 0 saturated carbocycles. The van der Waals surface area contributed by atoms with Crippen molar-refractivity contribution in [1.82, 2.24) is 0 Å². The molecule has 1 rings (SSSR count). The summed E-state index contributed by atoms with van der Waals surface area (Å²) in [6.45, 7) is 16.8. The summed E-state index contributed by atoms with van der Waals surface area (Å²) < 4.78 is 10.8. The van der Waals surface area contributed by atoms with E-state index in [2.05, 4.69) is 19.7 Å². The summed E-state index contributed by atoms with van der Waals surface area (Å²) in [5.74, 6) is 0.212. The van der Waals surface area contributed by atoms with Crippen molar-refractivity contribution >= 4 is 5.97 Å². The van der Waals surface area contributed by atoms with Gasteiger partial charge in [0, 0.05) is 5.57 Å². The smallest absolute Gasteiger partial charge is 0.333 e. The van der Waals surface area contributed by atoms with Gasteiger partial charge in [0.05, 0.1) is 0 Å². The minimum Gasteiger partial charge on any atom is -0.490 e. The van der Waals surface area contributed by atoms with Gasteiger partial charge in [-0.25, -0.2) is 4.79 Å². The van der Waals surface area contributed by atoms with Crippen LogP contribution in [0.15, 0.2) is 54.7 Å². The van der Waals surface area contributed by atoms with E-state index >= 15 is 0 Å². The molecular weight excluding hydrogens is 316 g/mol. The fourth-order valence-electron chi connectivity index (χ4n) is 2.27. The summed E-state index contributed by atoms with van der Waals surface area (Å²) in [6.07, 6.45) is 0.471. The van der Waals surface area contributed by atoms with Gasteiger partial charge in [-0.3, -0.25) is 0 Å². The van der Waals surface area contributed by atoms with Crippen LogP contribution in [0.5, 0.6) is 5.75 Å². The average Bonchev–Trinajstić information content (AvgIpc) is 2.50. The average molecular weight is 344 g/mol. The summed E-state index contributed by atoms with van der Waals surface area (Å²) in [7, 11) is 0. The molecule has 1 atom stereocenters. The second kappa shape index (κ2) is 9.84. The lowest BCUT2D eigenvalue weighted by Crippen LogP contribution is -2.26. The van der Waals surface area contributed by atoms with Crippen molar-refractivity contribution in [2.75, 3.05) is 13.2 Å². The molecule has 1 aromatic carbocycles. The molecule has 0 bridgehead atoms. The Morgan fingerprint density at radius 2 is 1.56 bits per heavy atom. The van der Waals surface area contributed by atoms with E-state index in [1.54, 1.807) is 6.92 Å². The van der Waals surface area contributed by atoms with Crippen LogP contribution in [0.3, 0.4) is 0 Å². The Balaban J connectivity index is 2.83. The van der Waals surface area contributed by atoms with Gasteiger partial charge in [0.15, 0.2) is 0 Å². The quantitative estimate of drug-likeness (QED) is 0.399. The highest BCUT2D eigenvalue weighted by atomic mass is 16.5. The second-order valence-electron chi connectivity index (χ2n) is 6.52. The first-order valence-electron chi connectivity index (χ1n) is 8.23. The summed E-state index contributed by atoms with van der Waals surface area (Å²) in [5.41, 5.74) is 4.36. The number of hydrogen-bond donors (Lipinski definition) is 1. The van der Waals surface area contributed by atoms with E-state index in [1.165, 1.54) is 0 Å². The molecule has 0 spiro atoms. The standard InChI is InChI=1S/C21H28O4/c1-14(2)10-17-8-7-9-18(11-15(3)4)20(17)24-12-19(22)13-25-21(23)16(5)6/h7-9,19,22H,1,3,5,10-13H2,2,4,6H3. The molecule has 0 aromatic heterocycles. The number of para-hydroxylation sites is 1. The fourth-order valence-corrected chi connectivity index (χ4v) is 2.27. The number of ether oxygens (including phenoxy) is 2. The number of rotatable bonds is 10. The Kier molecular flexibility index (Phi) is 8.16. The van der Waals surface area contributed by atoms with Crippen LogP contribution in [0.4, 0.5) is 0 Å². The van der Waals surface area contributed by atoms with E-state index in [4.69, 9.17) is 9.47 Å². The maximum atomic E-state index is 11.4. The van der Waals surface area contributed by atoms with E-state index in [-0.39, 0.29) is 13.2 Å². The number of carbonyl (C=O) groups is 1. The number of aliphatic hydroxyl groups excluding tert-OH is 1. The number of benzene rings is 1. The second-order valence-corrected chi connectivity index (χ2v) is 6.52. The van der Waals surface area contributed by atoms with Gasteiger partial charge in [0.1, 0.15) is 25.1 Å². The molecule has 0 fully saturated rings. The van der Waals surface area contributed by atoms with Crippen molar-refractivity contribution in [2.24, 2.45) is 0 Å². The molecular formula is C21H28O4. The first-order chi connectivity index (χ1) is 11.7. The van der Waals surface area contributed by atoms with Gasteiger partial charge in [-0.15, -0.1) is 0 Å². The van der Waals surface area contributed by atoms with Gasteiger partial charge in [0.25, 0.3) is 0 Å². The van der Waals surface area contributed by atoms with Crippen molar-refractivity contribution in [2.45, 2.75) is 39.7 Å². The van der Waals surface area contributed by atoms with Gasteiger partial charge in [-0.1, -0.05) is 49.1 Å². The van der Waals surface area contributed by atoms with Crippen LogP contribution in [0.1, 0.15) is 31.9 Å². The lowest BCUT2D eigenvalue weighted by Gasteiger charge is -2.18. The van der Waals surface area contributed by atoms with Gasteiger partial charge >= 0.3 is 5.97 Å². The van der Waals surface area contributed by atoms with Crippen molar-refractivity contribution in [1.29, 1.82) is 0 Å². The molecule has 1 unspecified atom stereocenters. The molecule has 0 saturated heterocycles. The van der Waals surface area contributed by atoms with Crippen LogP contribution in [-0.4, -0.2) is 30.4 Å². The first-order valence-corrected chi connectivity index (χ1v) is 8.23. The molecule has 136 valence electrons. The van der Waals surface area contributed by atoms with E-state index < -0.39 is 12.1 Å². The fraction of sp³-hybridized carbons (Fsp3) is 0.381. The largest absolute Gasteiger partial charge is 0.490 e. The zero-order valence-electron chi connectivity index (χ0n) is 15.4. The Morgan fingerprint density at radius 1 is 1.04 bits per heavy atom. The molecule has 0 aliphatic carbocycles. The zero-order valence-corrected chi connectivity index (χ0v) is 15.4. The van der Waals surface area contributed by atoms with Crippen molar-refractivity contribution in [3.8, 4) is 5.75 Å². The molecule has 0 heterocycles. The van der Waals surface area contributed by atoms with E-state index in [0.29, 0.717) is 18.4 Å². The van der Waals surface area contributed by atoms with Crippen LogP contribution in [0.2, 0.25) is 0 Å². The minimum atomic E-state index is -0.918. The third-order valence-corrected chi connectivity index (χ3v) is 3.34. The Hall–Kier alpha value is -2.33. The number of allylic oxidation sites excluding steroid dienone is 2. The van der Waals surface area contributed by atoms with Crippen LogP contribution in [0, 0.1) is 0 Å². The Morgan fingerprint density at radius 3 is 2.00 bits per heavy atom. The van der Waals surface area contributed by atoms with Crippen LogP contribution >= 0.6 is 0 Å². The molecule has 0 amide bonds. The predicted molar refractivity (Wildman–Crippen MR) is 101 cm³/mol. The monoisotopic (exact) mass is 344 g/mol. The number of carbonyl (C=O) groups excluding carboxylic acids is 1. The van der Waals surface area contributed by atoms with Crippen molar-refractivity contribution in [3.63, 3.8) is 0 Å². The van der Waals surface area contributed by atoms with Crippen LogP contribution in [-0.2, 0) is 22.4 Å². The highest BCUT2D eigenvalue weighted by molar-refractivity contribution is 5.86.